The summed E-state index contributed by atoms with van der Waals surface area (Å²) in [6.45, 7) is 3.52. The molecule has 0 atom stereocenters. The Labute approximate surface area is 179 Å². The number of para-hydroxylation sites is 1. The van der Waals surface area contributed by atoms with Crippen LogP contribution in [0.15, 0.2) is 53.6 Å². The standard InChI is InChI=1S/C21H17F3N4O4/c1-12-9-14(13(2)27(12)18-6-4-3-5-16(18)20(29)30)11-25-26-17-8-7-15(21(22,23)24)10-19(17)28(31)32/h3-11,26H,1-2H3,(H,29,30)/b25-11-. The highest BCUT2D eigenvalue weighted by atomic mass is 19.4. The van der Waals surface area contributed by atoms with Gasteiger partial charge >= 0.3 is 12.1 Å². The van der Waals surface area contributed by atoms with E-state index in [1.165, 1.54) is 12.3 Å². The van der Waals surface area contributed by atoms with Gasteiger partial charge in [0.25, 0.3) is 5.69 Å². The van der Waals surface area contributed by atoms with E-state index in [9.17, 15) is 33.2 Å². The number of anilines is 1. The van der Waals surface area contributed by atoms with Crippen LogP contribution in [0, 0.1) is 24.0 Å². The van der Waals surface area contributed by atoms with Crippen LogP contribution in [-0.2, 0) is 6.18 Å². The first kappa shape index (κ1) is 22.5. The van der Waals surface area contributed by atoms with Crippen LogP contribution in [0.5, 0.6) is 0 Å². The Morgan fingerprint density at radius 3 is 2.50 bits per heavy atom. The van der Waals surface area contributed by atoms with Crippen molar-refractivity contribution in [1.29, 1.82) is 0 Å². The van der Waals surface area contributed by atoms with E-state index in [4.69, 9.17) is 0 Å². The molecule has 0 unspecified atom stereocenters. The van der Waals surface area contributed by atoms with Crippen LogP contribution in [0.1, 0.15) is 32.9 Å². The summed E-state index contributed by atoms with van der Waals surface area (Å²) in [5.74, 6) is -1.08. The van der Waals surface area contributed by atoms with E-state index in [2.05, 4.69) is 10.5 Å². The highest BCUT2D eigenvalue weighted by Crippen LogP contribution is 2.35. The highest BCUT2D eigenvalue weighted by Gasteiger charge is 2.33. The van der Waals surface area contributed by atoms with Gasteiger partial charge in [0.2, 0.25) is 0 Å². The number of carbonyl (C=O) groups is 1. The maximum atomic E-state index is 12.8. The number of rotatable bonds is 6. The summed E-state index contributed by atoms with van der Waals surface area (Å²) in [7, 11) is 0. The van der Waals surface area contributed by atoms with Gasteiger partial charge in [0.05, 0.1) is 28.0 Å². The summed E-state index contributed by atoms with van der Waals surface area (Å²) < 4.78 is 40.2. The summed E-state index contributed by atoms with van der Waals surface area (Å²) in [5.41, 5.74) is 2.83. The Balaban J connectivity index is 1.92. The second-order valence-electron chi connectivity index (χ2n) is 6.84. The fourth-order valence-electron chi connectivity index (χ4n) is 3.26. The van der Waals surface area contributed by atoms with Gasteiger partial charge < -0.3 is 9.67 Å². The summed E-state index contributed by atoms with van der Waals surface area (Å²) in [6.07, 6.45) is -3.36. The fourth-order valence-corrected chi connectivity index (χ4v) is 3.26. The maximum absolute atomic E-state index is 12.8. The molecule has 0 spiro atoms. The number of aryl methyl sites for hydroxylation is 1. The molecule has 2 aromatic carbocycles. The quantitative estimate of drug-likeness (QED) is 0.309. The molecule has 3 rings (SSSR count). The molecule has 11 heteroatoms. The van der Waals surface area contributed by atoms with Crippen LogP contribution in [-0.4, -0.2) is 26.8 Å². The van der Waals surface area contributed by atoms with Crippen molar-refractivity contribution in [3.63, 3.8) is 0 Å². The van der Waals surface area contributed by atoms with Crippen molar-refractivity contribution in [2.75, 3.05) is 5.43 Å². The van der Waals surface area contributed by atoms with Gasteiger partial charge in [0.15, 0.2) is 0 Å². The zero-order valence-electron chi connectivity index (χ0n) is 16.8. The lowest BCUT2D eigenvalue weighted by Crippen LogP contribution is -2.08. The summed E-state index contributed by atoms with van der Waals surface area (Å²) in [5, 5.41) is 24.5. The minimum Gasteiger partial charge on any atom is -0.478 e. The number of carboxylic acid groups (broad SMARTS) is 1. The number of carboxylic acids is 1. The molecule has 32 heavy (non-hydrogen) atoms. The van der Waals surface area contributed by atoms with Crippen molar-refractivity contribution in [3.8, 4) is 5.69 Å². The Kier molecular flexibility index (Phi) is 6.01. The first-order valence-electron chi connectivity index (χ1n) is 9.17. The number of nitrogens with one attached hydrogen (secondary N) is 1. The molecule has 0 amide bonds. The molecule has 0 saturated carbocycles. The van der Waals surface area contributed by atoms with E-state index in [0.29, 0.717) is 23.0 Å². The second kappa shape index (κ2) is 8.53. The van der Waals surface area contributed by atoms with E-state index >= 15 is 0 Å². The van der Waals surface area contributed by atoms with Crippen LogP contribution in [0.3, 0.4) is 0 Å². The lowest BCUT2D eigenvalue weighted by Gasteiger charge is -2.12. The number of aromatic carboxylic acids is 1. The fraction of sp³-hybridized carbons (Fsp3) is 0.143. The van der Waals surface area contributed by atoms with Crippen LogP contribution >= 0.6 is 0 Å². The Morgan fingerprint density at radius 2 is 1.88 bits per heavy atom. The maximum Gasteiger partial charge on any atom is 0.416 e. The number of alkyl halides is 3. The third-order valence-corrected chi connectivity index (χ3v) is 4.76. The lowest BCUT2D eigenvalue weighted by molar-refractivity contribution is -0.384. The molecule has 0 aliphatic carbocycles. The van der Waals surface area contributed by atoms with E-state index in [1.807, 2.05) is 0 Å². The van der Waals surface area contributed by atoms with Gasteiger partial charge in [0.1, 0.15) is 5.69 Å². The largest absolute Gasteiger partial charge is 0.478 e. The van der Waals surface area contributed by atoms with Crippen LogP contribution in [0.4, 0.5) is 24.5 Å². The zero-order valence-corrected chi connectivity index (χ0v) is 16.8. The monoisotopic (exact) mass is 446 g/mol. The normalized spacial score (nSPS) is 11.7. The second-order valence-corrected chi connectivity index (χ2v) is 6.84. The summed E-state index contributed by atoms with van der Waals surface area (Å²) >= 11 is 0. The van der Waals surface area contributed by atoms with Crippen molar-refractivity contribution < 1.29 is 28.0 Å². The first-order chi connectivity index (χ1) is 15.0. The summed E-state index contributed by atoms with van der Waals surface area (Å²) in [4.78, 5) is 21.8. The molecule has 1 heterocycles. The van der Waals surface area contributed by atoms with Gasteiger partial charge in [-0.25, -0.2) is 4.79 Å². The number of nitrogens with zero attached hydrogens (tertiary/aromatic N) is 3. The van der Waals surface area contributed by atoms with Crippen molar-refractivity contribution in [1.82, 2.24) is 4.57 Å². The average Bonchev–Trinajstić information content (AvgIpc) is 3.00. The van der Waals surface area contributed by atoms with Gasteiger partial charge in [-0.1, -0.05) is 12.1 Å². The van der Waals surface area contributed by atoms with Gasteiger partial charge in [-0.05, 0) is 44.2 Å². The van der Waals surface area contributed by atoms with Gasteiger partial charge in [-0.3, -0.25) is 15.5 Å². The van der Waals surface area contributed by atoms with E-state index < -0.39 is 28.3 Å². The first-order valence-corrected chi connectivity index (χ1v) is 9.17. The predicted octanol–water partition coefficient (Wildman–Crippen LogP) is 5.17. The number of aromatic nitrogens is 1. The Morgan fingerprint density at radius 1 is 1.19 bits per heavy atom. The number of benzene rings is 2. The molecular weight excluding hydrogens is 429 g/mol. The minimum atomic E-state index is -4.71. The van der Waals surface area contributed by atoms with Crippen LogP contribution < -0.4 is 5.43 Å². The molecule has 0 radical (unpaired) electrons. The average molecular weight is 446 g/mol. The molecule has 3 aromatic rings. The number of halogens is 3. The molecule has 0 aliphatic heterocycles. The van der Waals surface area contributed by atoms with Crippen molar-refractivity contribution in [2.24, 2.45) is 5.10 Å². The molecule has 0 bridgehead atoms. The SMILES string of the molecule is Cc1cc(/C=N\Nc2ccc(C(F)(F)F)cc2[N+](=O)[O-])c(C)n1-c1ccccc1C(=O)O. The van der Waals surface area contributed by atoms with E-state index in [1.54, 1.807) is 42.7 Å². The van der Waals surface area contributed by atoms with Crippen molar-refractivity contribution in [3.05, 3.63) is 86.7 Å². The molecule has 0 aliphatic rings. The number of hydrogen-bond acceptors (Lipinski definition) is 5. The number of hydrazone groups is 1. The molecule has 1 aromatic heterocycles. The zero-order chi connectivity index (χ0) is 23.6. The van der Waals surface area contributed by atoms with Gasteiger partial charge in [-0.15, -0.1) is 0 Å². The third kappa shape index (κ3) is 4.46. The Bertz CT molecular complexity index is 1230. The smallest absolute Gasteiger partial charge is 0.416 e. The molecular formula is C21H17F3N4O4. The highest BCUT2D eigenvalue weighted by molar-refractivity contribution is 5.92. The molecule has 8 nitrogen and oxygen atoms in total. The van der Waals surface area contributed by atoms with Crippen LogP contribution in [0.25, 0.3) is 5.69 Å². The molecule has 166 valence electrons. The number of nitro groups is 1. The Hall–Kier alpha value is -4.15. The lowest BCUT2D eigenvalue weighted by atomic mass is 10.1. The van der Waals surface area contributed by atoms with E-state index in [0.717, 1.165) is 17.8 Å². The third-order valence-electron chi connectivity index (χ3n) is 4.76. The predicted molar refractivity (Wildman–Crippen MR) is 112 cm³/mol. The molecule has 0 saturated heterocycles. The van der Waals surface area contributed by atoms with Crippen molar-refractivity contribution >= 4 is 23.6 Å². The van der Waals surface area contributed by atoms with Crippen LogP contribution in [0.2, 0.25) is 0 Å². The number of nitro benzene ring substituents is 1. The summed E-state index contributed by atoms with van der Waals surface area (Å²) in [6, 6.07) is 10.3. The van der Waals surface area contributed by atoms with E-state index in [-0.39, 0.29) is 11.3 Å². The minimum absolute atomic E-state index is 0.108. The van der Waals surface area contributed by atoms with Crippen molar-refractivity contribution in [2.45, 2.75) is 20.0 Å². The number of hydrogen-bond donors (Lipinski definition) is 2. The topological polar surface area (TPSA) is 110 Å². The molecule has 0 fully saturated rings. The molecule has 2 N–H and O–H groups in total. The van der Waals surface area contributed by atoms with Gasteiger partial charge in [-0.2, -0.15) is 18.3 Å². The van der Waals surface area contributed by atoms with Gasteiger partial charge in [0, 0.05) is 23.0 Å².